The molecule has 21 heteroatoms. The molecule has 20 aliphatic rings. The molecule has 0 aromatic heterocycles. The van der Waals surface area contributed by atoms with Crippen LogP contribution in [-0.4, -0.2) is 122 Å². The topological polar surface area (TPSA) is 299 Å². The van der Waals surface area contributed by atoms with Crippen LogP contribution in [0, 0.1) is 118 Å². The number of phenols is 6. The van der Waals surface area contributed by atoms with Crippen LogP contribution < -0.4 is 23.7 Å². The Hall–Kier alpha value is -10.3. The summed E-state index contributed by atoms with van der Waals surface area (Å²) in [4.78, 5) is 69.8. The van der Waals surface area contributed by atoms with Gasteiger partial charge in [0.15, 0.2) is 33.0 Å². The van der Waals surface area contributed by atoms with Crippen molar-refractivity contribution in [1.29, 1.82) is 0 Å². The van der Waals surface area contributed by atoms with E-state index < -0.39 is 57.9 Å². The molecule has 0 radical (unpaired) electrons. The van der Waals surface area contributed by atoms with Gasteiger partial charge < -0.3 is 78.0 Å². The highest BCUT2D eigenvalue weighted by atomic mass is 16.6. The fourth-order valence-corrected chi connectivity index (χ4v) is 32.9. The third-order valence-corrected chi connectivity index (χ3v) is 39.5. The van der Waals surface area contributed by atoms with E-state index in [1.165, 1.54) is 32.1 Å². The number of benzene rings is 7. The molecule has 0 amide bonds. The number of rotatable bonds is 38. The lowest BCUT2D eigenvalue weighted by Gasteiger charge is -2.59. The van der Waals surface area contributed by atoms with Gasteiger partial charge in [-0.15, -0.1) is 0 Å². The standard InChI is InChI=1S/C119H144O21/c1-115(83-37-68-32-69(39-83)40-84(115)38-68)136-110(126)62-131-94-21-9-78(105(121)57-94)14-27-100-99(26-8-67-6-19-93(120)20-7-67)101(28-15-79-10-22-95(58-106(79)122)132-63-111(127)137-116(2)85-41-70-33-71(43-85)44-86(116)42-70)103(30-17-81-12-24-97(60-108(81)124)134-65-113(129)139-118(4)89-49-74-35-75(51-89)52-90(118)50-74)104(31-18-82-13-25-98(61-109(82)125)135-66-114(130)140-119(5)91-53-76-36-77(55-91)56-92(119)54-76)102(100)29-16-80-11-23-96(59-107(80)123)133-64-112(128)138-117(3)87-45-72-34-73(47-87)48-88(117)46-72/h6-7,9-13,19-25,57-61,68-77,83-92,120-125H,8,14-18,26-56,62-66H2,1-5H3. The lowest BCUT2D eigenvalue weighted by molar-refractivity contribution is -0.205. The first-order valence-electron chi connectivity index (χ1n) is 53.7. The molecule has 0 aliphatic heterocycles. The lowest BCUT2D eigenvalue weighted by atomic mass is 9.50. The maximum absolute atomic E-state index is 14.0. The molecule has 21 nitrogen and oxygen atoms in total. The van der Waals surface area contributed by atoms with Crippen molar-refractivity contribution in [3.63, 3.8) is 0 Å². The Kier molecular flexibility index (Phi) is 25.7. The number of hydrogen-bond donors (Lipinski definition) is 6. The molecule has 20 bridgehead atoms. The van der Waals surface area contributed by atoms with Crippen LogP contribution in [0.5, 0.6) is 63.2 Å². The second-order valence-electron chi connectivity index (χ2n) is 47.7. The number of aromatic hydroxyl groups is 6. The minimum absolute atomic E-state index is 0.0348. The Morgan fingerprint density at radius 2 is 0.386 bits per heavy atom. The Balaban J connectivity index is 0.611. The molecule has 0 unspecified atom stereocenters. The van der Waals surface area contributed by atoms with Gasteiger partial charge in [-0.3, -0.25) is 0 Å². The molecular weight excluding hydrogens is 1770 g/mol. The molecule has 20 aliphatic carbocycles. The van der Waals surface area contributed by atoms with Gasteiger partial charge in [-0.05, 0) is 500 Å². The number of carbonyl (C=O) groups excluding carboxylic acids is 5. The highest BCUT2D eigenvalue weighted by Crippen LogP contribution is 2.65. The number of ether oxygens (including phenoxy) is 10. The van der Waals surface area contributed by atoms with Crippen LogP contribution in [0.4, 0.5) is 0 Å². The van der Waals surface area contributed by atoms with Crippen LogP contribution in [-0.2, 0) is 125 Å². The average molecular weight is 1910 g/mol. The summed E-state index contributed by atoms with van der Waals surface area (Å²) in [6, 6.07) is 33.1. The Bertz CT molecular complexity index is 5440. The predicted octanol–water partition coefficient (Wildman–Crippen LogP) is 21.3. The van der Waals surface area contributed by atoms with Crippen molar-refractivity contribution in [2.75, 3.05) is 33.0 Å². The zero-order chi connectivity index (χ0) is 96.4. The minimum Gasteiger partial charge on any atom is -0.508 e. The summed E-state index contributed by atoms with van der Waals surface area (Å²) < 4.78 is 63.3. The molecule has 0 heterocycles. The van der Waals surface area contributed by atoms with E-state index in [9.17, 15) is 54.6 Å². The average Bonchev–Trinajstić information content (AvgIpc) is 0.752. The van der Waals surface area contributed by atoms with Gasteiger partial charge in [0.05, 0.1) is 0 Å². The van der Waals surface area contributed by atoms with Gasteiger partial charge >= 0.3 is 29.8 Å². The molecule has 27 rings (SSSR count). The van der Waals surface area contributed by atoms with E-state index in [1.54, 1.807) is 72.8 Å². The zero-order valence-electron chi connectivity index (χ0n) is 82.5. The maximum Gasteiger partial charge on any atom is 0.344 e. The number of esters is 5. The van der Waals surface area contributed by atoms with Crippen molar-refractivity contribution < 1.29 is 102 Å². The van der Waals surface area contributed by atoms with Crippen LogP contribution in [0.3, 0.4) is 0 Å². The summed E-state index contributed by atoms with van der Waals surface area (Å²) in [5.41, 5.74) is 6.95. The lowest BCUT2D eigenvalue weighted by Crippen LogP contribution is -2.58. The number of hydrogen-bond acceptors (Lipinski definition) is 21. The molecule has 20 fully saturated rings. The molecule has 6 N–H and O–H groups in total. The van der Waals surface area contributed by atoms with Crippen molar-refractivity contribution in [3.8, 4) is 63.2 Å². The minimum atomic E-state index is -0.555. The van der Waals surface area contributed by atoms with E-state index in [2.05, 4.69) is 34.6 Å². The third kappa shape index (κ3) is 19.0. The molecule has 7 aromatic rings. The summed E-state index contributed by atoms with van der Waals surface area (Å²) in [5, 5.41) is 73.1. The summed E-state index contributed by atoms with van der Waals surface area (Å²) in [6.07, 6.45) is 31.9. The van der Waals surface area contributed by atoms with E-state index in [4.69, 9.17) is 47.4 Å². The molecule has 0 saturated heterocycles. The summed E-state index contributed by atoms with van der Waals surface area (Å²) >= 11 is 0. The van der Waals surface area contributed by atoms with Crippen molar-refractivity contribution in [3.05, 3.63) is 182 Å². The molecule has 20 saturated carbocycles. The van der Waals surface area contributed by atoms with Crippen molar-refractivity contribution >= 4 is 29.8 Å². The SMILES string of the molecule is CC1(OC(=O)COc2ccc(CCc3c(CCc4ccc(O)cc4)c(CCc4ccc(OCC(=O)OC5(C)C6CC7CC(C6)CC5C7)cc4O)c(CCc4ccc(OCC(=O)OC5(C)C6CC7CC(C6)CC5C7)cc4O)c(CCc4ccc(OCC(=O)OC5(C)C6CC7CC(C6)CC5C7)cc4O)c3CCc3ccc(OCC(=O)OC4(C)C5CC6CC(C5)CC4C6)cc3O)c(O)c2)C2CC3CC(C2)CC1C3. The smallest absolute Gasteiger partial charge is 0.344 e. The highest BCUT2D eigenvalue weighted by molar-refractivity contribution is 5.74. The van der Waals surface area contributed by atoms with Gasteiger partial charge in [0.2, 0.25) is 0 Å². The van der Waals surface area contributed by atoms with E-state index in [0.717, 1.165) is 167 Å². The molecule has 140 heavy (non-hydrogen) atoms. The largest absolute Gasteiger partial charge is 0.508 e. The Morgan fingerprint density at radius 3 is 0.550 bits per heavy atom. The van der Waals surface area contributed by atoms with Gasteiger partial charge in [0.25, 0.3) is 0 Å². The monoisotopic (exact) mass is 1910 g/mol. The van der Waals surface area contributed by atoms with Crippen LogP contribution in [0.1, 0.15) is 262 Å². The number of carbonyl (C=O) groups is 5. The predicted molar refractivity (Wildman–Crippen MR) is 525 cm³/mol. The Morgan fingerprint density at radius 1 is 0.221 bits per heavy atom. The van der Waals surface area contributed by atoms with Crippen molar-refractivity contribution in [2.45, 2.75) is 300 Å². The summed E-state index contributed by atoms with van der Waals surface area (Å²) in [6.45, 7) is 8.93. The van der Waals surface area contributed by atoms with E-state index in [-0.39, 0.29) is 86.8 Å². The Labute approximate surface area is 823 Å². The summed E-state index contributed by atoms with van der Waals surface area (Å²) in [5.74, 6) is 9.38. The first-order valence-corrected chi connectivity index (χ1v) is 53.7. The third-order valence-electron chi connectivity index (χ3n) is 39.5. The fourth-order valence-electron chi connectivity index (χ4n) is 32.9. The first-order chi connectivity index (χ1) is 67.4. The van der Waals surface area contributed by atoms with Crippen LogP contribution in [0.2, 0.25) is 0 Å². The number of aryl methyl sites for hydroxylation is 6. The second-order valence-corrected chi connectivity index (χ2v) is 47.7. The van der Waals surface area contributed by atoms with Crippen LogP contribution >= 0.6 is 0 Å². The fraction of sp³-hybridized carbons (Fsp3) is 0.605. The normalized spacial score (nSPS) is 33.5. The van der Waals surface area contributed by atoms with Gasteiger partial charge in [-0.1, -0.05) is 42.5 Å². The highest BCUT2D eigenvalue weighted by Gasteiger charge is 2.63. The summed E-state index contributed by atoms with van der Waals surface area (Å²) in [7, 11) is 0. The molecule has 0 spiro atoms. The second kappa shape index (κ2) is 38.1. The molecule has 7 aromatic carbocycles. The van der Waals surface area contributed by atoms with Gasteiger partial charge in [-0.25, -0.2) is 24.0 Å². The van der Waals surface area contributed by atoms with Crippen LogP contribution in [0.25, 0.3) is 0 Å². The molecule has 746 valence electrons. The van der Waals surface area contributed by atoms with Gasteiger partial charge in [0.1, 0.15) is 91.2 Å². The van der Waals surface area contributed by atoms with E-state index >= 15 is 0 Å². The quantitative estimate of drug-likeness (QED) is 0.0155. The molecule has 0 atom stereocenters. The first kappa shape index (κ1) is 94.6. The van der Waals surface area contributed by atoms with Crippen molar-refractivity contribution in [2.24, 2.45) is 118 Å². The molecular formula is C119H144O21. The van der Waals surface area contributed by atoms with E-state index in [0.29, 0.717) is 233 Å². The van der Waals surface area contributed by atoms with Gasteiger partial charge in [-0.2, -0.15) is 0 Å². The van der Waals surface area contributed by atoms with Crippen LogP contribution in [0.15, 0.2) is 115 Å². The number of phenolic OH excluding ortho intramolecular Hbond substituents is 6. The maximum atomic E-state index is 14.0. The van der Waals surface area contributed by atoms with Gasteiger partial charge in [0, 0.05) is 30.3 Å². The zero-order valence-corrected chi connectivity index (χ0v) is 82.5. The van der Waals surface area contributed by atoms with E-state index in [1.807, 2.05) is 42.5 Å². The van der Waals surface area contributed by atoms with Crippen molar-refractivity contribution in [1.82, 2.24) is 0 Å².